The summed E-state index contributed by atoms with van der Waals surface area (Å²) in [6.07, 6.45) is 14.1. The third-order valence-corrected chi connectivity index (χ3v) is 15.5. The van der Waals surface area contributed by atoms with E-state index in [1.54, 1.807) is 24.3 Å². The van der Waals surface area contributed by atoms with E-state index in [-0.39, 0.29) is 40.0 Å². The van der Waals surface area contributed by atoms with E-state index in [0.29, 0.717) is 53.8 Å². The van der Waals surface area contributed by atoms with Gasteiger partial charge in [0.05, 0.1) is 16.8 Å². The van der Waals surface area contributed by atoms with Crippen molar-refractivity contribution in [2.45, 2.75) is 122 Å². The van der Waals surface area contributed by atoms with E-state index in [1.165, 1.54) is 44.9 Å². The fourth-order valence-electron chi connectivity index (χ4n) is 11.2. The first-order valence-corrected chi connectivity index (χ1v) is 19.7. The second-order valence-corrected chi connectivity index (χ2v) is 18.3. The lowest BCUT2D eigenvalue weighted by Gasteiger charge is -2.61. The molecule has 45 heavy (non-hydrogen) atoms. The van der Waals surface area contributed by atoms with Gasteiger partial charge in [0.15, 0.2) is 9.84 Å². The van der Waals surface area contributed by atoms with Gasteiger partial charge in [-0.3, -0.25) is 9.59 Å². The lowest BCUT2D eigenvalue weighted by atomic mass is 9.43. The molecule has 1 unspecified atom stereocenters. The molecule has 4 aliphatic carbocycles. The average Bonchev–Trinajstić information content (AvgIpc) is 3.38. The van der Waals surface area contributed by atoms with Gasteiger partial charge in [0, 0.05) is 25.4 Å². The van der Waals surface area contributed by atoms with Gasteiger partial charge in [-0.25, -0.2) is 8.42 Å². The quantitative estimate of drug-likeness (QED) is 0.257. The maximum atomic E-state index is 14.0. The molecule has 0 N–H and O–H groups in total. The van der Waals surface area contributed by atoms with Crippen molar-refractivity contribution in [3.8, 4) is 0 Å². The van der Waals surface area contributed by atoms with E-state index < -0.39 is 9.84 Å². The summed E-state index contributed by atoms with van der Waals surface area (Å²) in [5.74, 6) is 3.17. The van der Waals surface area contributed by atoms with E-state index in [1.807, 2.05) is 6.92 Å². The minimum absolute atomic E-state index is 0.119. The molecule has 6 rings (SSSR count). The highest BCUT2D eigenvalue weighted by Crippen LogP contribution is 2.68. The van der Waals surface area contributed by atoms with Crippen molar-refractivity contribution in [1.29, 1.82) is 0 Å². The van der Waals surface area contributed by atoms with E-state index in [0.717, 1.165) is 44.3 Å². The molecule has 0 radical (unpaired) electrons. The van der Waals surface area contributed by atoms with Crippen molar-refractivity contribution < 1.29 is 27.5 Å². The van der Waals surface area contributed by atoms with Crippen LogP contribution >= 0.6 is 0 Å². The zero-order valence-corrected chi connectivity index (χ0v) is 28.9. The molecule has 7 heteroatoms. The number of esters is 1. The fourth-order valence-corrected chi connectivity index (χ4v) is 12.3. The van der Waals surface area contributed by atoms with Crippen LogP contribution in [0.25, 0.3) is 0 Å². The summed E-state index contributed by atoms with van der Waals surface area (Å²) in [5, 5.41) is 0. The summed E-state index contributed by atoms with van der Waals surface area (Å²) in [6, 6.07) is 6.77. The molecule has 1 heterocycles. The van der Waals surface area contributed by atoms with Crippen molar-refractivity contribution in [3.63, 3.8) is 0 Å². The van der Waals surface area contributed by atoms with Crippen molar-refractivity contribution in [1.82, 2.24) is 0 Å². The summed E-state index contributed by atoms with van der Waals surface area (Å²) in [4.78, 5) is 26.9. The number of hydrogen-bond acceptors (Lipinski definition) is 6. The maximum Gasteiger partial charge on any atom is 0.305 e. The summed E-state index contributed by atoms with van der Waals surface area (Å²) in [5.41, 5.74) is 1.41. The first-order chi connectivity index (χ1) is 21.4. The molecule has 1 aromatic carbocycles. The second-order valence-electron chi connectivity index (χ2n) is 16.1. The predicted octanol–water partition coefficient (Wildman–Crippen LogP) is 7.75. The van der Waals surface area contributed by atoms with Gasteiger partial charge in [-0.15, -0.1) is 0 Å². The highest BCUT2D eigenvalue weighted by atomic mass is 32.2. The van der Waals surface area contributed by atoms with E-state index in [9.17, 15) is 18.0 Å². The Labute approximate surface area is 271 Å². The first-order valence-electron chi connectivity index (χ1n) is 18.0. The Kier molecular flexibility index (Phi) is 9.62. The highest BCUT2D eigenvalue weighted by Gasteiger charge is 2.63. The van der Waals surface area contributed by atoms with Gasteiger partial charge in [0.1, 0.15) is 12.4 Å². The standard InChI is InChI=1S/C38H56O6S/c1-25-8-11-29(12-9-25)45(41,42)22-21-44-35(40)15-10-26(2)30-13-14-31-36-32(17-19-38(30,31)4)37(3)18-16-27(23-28(37)24-33(36)39)34-7-5-6-20-43-34/h8-9,11-12,26-28,30-32,34,36H,5-7,10,13-24H2,1-4H3/t26-,27-,28+,30-,31+,32+,34?,36+,37+,38-/m1/s1. The Hall–Kier alpha value is -1.73. The highest BCUT2D eigenvalue weighted by molar-refractivity contribution is 7.91. The van der Waals surface area contributed by atoms with Crippen molar-refractivity contribution >= 4 is 21.6 Å². The molecule has 1 aliphatic heterocycles. The lowest BCUT2D eigenvalue weighted by Crippen LogP contribution is -2.57. The molecule has 10 atom stereocenters. The molecule has 1 saturated heterocycles. The molecule has 0 bridgehead atoms. The predicted molar refractivity (Wildman–Crippen MR) is 175 cm³/mol. The first kappa shape index (κ1) is 33.2. The van der Waals surface area contributed by atoms with E-state index in [2.05, 4.69) is 20.8 Å². The molecular formula is C38H56O6S. The monoisotopic (exact) mass is 640 g/mol. The molecular weight excluding hydrogens is 584 g/mol. The number of sulfone groups is 1. The largest absolute Gasteiger partial charge is 0.465 e. The van der Waals surface area contributed by atoms with E-state index >= 15 is 0 Å². The van der Waals surface area contributed by atoms with Crippen LogP contribution in [0.2, 0.25) is 0 Å². The van der Waals surface area contributed by atoms with Crippen molar-refractivity contribution in [3.05, 3.63) is 29.8 Å². The maximum absolute atomic E-state index is 14.0. The lowest BCUT2D eigenvalue weighted by molar-refractivity contribution is -0.162. The van der Waals surface area contributed by atoms with Crippen LogP contribution < -0.4 is 0 Å². The van der Waals surface area contributed by atoms with Crippen LogP contribution in [-0.2, 0) is 28.9 Å². The number of ether oxygens (including phenoxy) is 2. The molecule has 0 amide bonds. The van der Waals surface area contributed by atoms with Gasteiger partial charge in [-0.05, 0) is 136 Å². The van der Waals surface area contributed by atoms with Gasteiger partial charge in [-0.1, -0.05) is 38.5 Å². The number of hydrogen-bond donors (Lipinski definition) is 0. The number of carbonyl (C=O) groups excluding carboxylic acids is 2. The van der Waals surface area contributed by atoms with Crippen molar-refractivity contribution in [2.75, 3.05) is 19.0 Å². The number of Topliss-reactive ketones (excluding diaryl/α,β-unsaturated/α-hetero) is 1. The third-order valence-electron chi connectivity index (χ3n) is 13.8. The number of benzene rings is 1. The molecule has 5 aliphatic rings. The average molecular weight is 641 g/mol. The third kappa shape index (κ3) is 6.43. The molecule has 6 nitrogen and oxygen atoms in total. The number of carbonyl (C=O) groups is 2. The Morgan fingerprint density at radius 3 is 2.47 bits per heavy atom. The molecule has 0 spiro atoms. The van der Waals surface area contributed by atoms with Gasteiger partial charge in [-0.2, -0.15) is 0 Å². The summed E-state index contributed by atoms with van der Waals surface area (Å²) in [6.45, 7) is 9.97. The van der Waals surface area contributed by atoms with Crippen LogP contribution in [0.15, 0.2) is 29.2 Å². The van der Waals surface area contributed by atoms with Gasteiger partial charge < -0.3 is 9.47 Å². The minimum atomic E-state index is -3.48. The fraction of sp³-hybridized carbons (Fsp3) is 0.789. The Morgan fingerprint density at radius 2 is 1.73 bits per heavy atom. The Balaban J connectivity index is 1.02. The number of rotatable bonds is 9. The second kappa shape index (κ2) is 13.1. The van der Waals surface area contributed by atoms with Gasteiger partial charge in [0.2, 0.25) is 0 Å². The van der Waals surface area contributed by atoms with Crippen LogP contribution in [0.4, 0.5) is 0 Å². The number of ketones is 1. The number of aryl methyl sites for hydroxylation is 1. The molecule has 5 fully saturated rings. The van der Waals surface area contributed by atoms with Crippen LogP contribution in [0.5, 0.6) is 0 Å². The molecule has 250 valence electrons. The zero-order chi connectivity index (χ0) is 32.0. The van der Waals surface area contributed by atoms with Crippen LogP contribution in [0.1, 0.15) is 110 Å². The van der Waals surface area contributed by atoms with E-state index in [4.69, 9.17) is 9.47 Å². The van der Waals surface area contributed by atoms with Crippen LogP contribution in [0.3, 0.4) is 0 Å². The minimum Gasteiger partial charge on any atom is -0.465 e. The summed E-state index contributed by atoms with van der Waals surface area (Å²) >= 11 is 0. The molecule has 1 aromatic rings. The van der Waals surface area contributed by atoms with Gasteiger partial charge in [0.25, 0.3) is 0 Å². The summed E-state index contributed by atoms with van der Waals surface area (Å²) in [7, 11) is -3.48. The number of fused-ring (bicyclic) bond motifs is 5. The SMILES string of the molecule is Cc1ccc(S(=O)(=O)CCOC(=O)CC[C@@H](C)[C@H]2CC[C@H]3[C@@H]4C(=O)C[C@@H]5C[C@H](C6CCCCO6)CC[C@]5(C)[C@H]4CC[C@]23C)cc1. The Morgan fingerprint density at radius 1 is 1.00 bits per heavy atom. The Bertz CT molecular complexity index is 1330. The summed E-state index contributed by atoms with van der Waals surface area (Å²) < 4.78 is 36.8. The van der Waals surface area contributed by atoms with Crippen molar-refractivity contribution in [2.24, 2.45) is 52.3 Å². The smallest absolute Gasteiger partial charge is 0.305 e. The normalized spacial score (nSPS) is 38.9. The van der Waals surface area contributed by atoms with Crippen LogP contribution in [-0.4, -0.2) is 45.2 Å². The van der Waals surface area contributed by atoms with Gasteiger partial charge >= 0.3 is 5.97 Å². The molecule has 0 aromatic heterocycles. The zero-order valence-electron chi connectivity index (χ0n) is 28.1. The van der Waals surface area contributed by atoms with Crippen LogP contribution in [0, 0.1) is 59.2 Å². The molecule has 4 saturated carbocycles. The topological polar surface area (TPSA) is 86.7 Å².